The maximum Gasteiger partial charge on any atom is 0.257 e. The number of carbonyl (C=O) groups is 2. The summed E-state index contributed by atoms with van der Waals surface area (Å²) in [6, 6.07) is 34.4. The number of thiocarbonyl (C=S) groups is 1. The number of carbonyl (C=O) groups excluding carboxylic acids is 2. The summed E-state index contributed by atoms with van der Waals surface area (Å²) < 4.78 is 0. The molecule has 2 amide bonds. The third-order valence-corrected chi connectivity index (χ3v) is 5.57. The summed E-state index contributed by atoms with van der Waals surface area (Å²) >= 11 is 5.31. The van der Waals surface area contributed by atoms with Crippen LogP contribution >= 0.6 is 12.2 Å². The number of aryl methyl sites for hydroxylation is 1. The van der Waals surface area contributed by atoms with Gasteiger partial charge < -0.3 is 10.6 Å². The van der Waals surface area contributed by atoms with Crippen molar-refractivity contribution in [2.75, 3.05) is 10.6 Å². The highest BCUT2D eigenvalue weighted by atomic mass is 32.1. The molecule has 4 aromatic rings. The molecular formula is C29H25N3O2S. The number of hydrogen-bond donors (Lipinski definition) is 3. The second kappa shape index (κ2) is 11.7. The Morgan fingerprint density at radius 1 is 0.657 bits per heavy atom. The lowest BCUT2D eigenvalue weighted by Gasteiger charge is -2.12. The molecule has 35 heavy (non-hydrogen) atoms. The number of anilines is 2. The summed E-state index contributed by atoms with van der Waals surface area (Å²) in [5.74, 6) is -0.367. The van der Waals surface area contributed by atoms with Crippen molar-refractivity contribution >= 4 is 40.5 Å². The van der Waals surface area contributed by atoms with Gasteiger partial charge in [0.05, 0.1) is 0 Å². The van der Waals surface area contributed by atoms with Crippen LogP contribution in [0.2, 0.25) is 0 Å². The number of nitrogens with one attached hydrogen (secondary N) is 3. The first-order chi connectivity index (χ1) is 17.1. The standard InChI is InChI=1S/C29H25N3O2S/c33-27(19-14-21-8-3-1-4-9-21)30-25-12-7-13-26(20-25)31-29(35)32-28(34)24-17-15-23(16-18-24)22-10-5-2-6-11-22/h1-13,15-18,20H,14,19H2,(H,30,33)(H2,31,32,34,35). The molecule has 6 heteroatoms. The second-order valence-corrected chi connectivity index (χ2v) is 8.37. The van der Waals surface area contributed by atoms with E-state index in [9.17, 15) is 9.59 Å². The number of amides is 2. The van der Waals surface area contributed by atoms with Gasteiger partial charge in [0, 0.05) is 23.4 Å². The summed E-state index contributed by atoms with van der Waals surface area (Å²) in [7, 11) is 0. The average Bonchev–Trinajstić information content (AvgIpc) is 2.89. The Labute approximate surface area is 210 Å². The molecule has 4 aromatic carbocycles. The lowest BCUT2D eigenvalue weighted by Crippen LogP contribution is -2.34. The summed E-state index contributed by atoms with van der Waals surface area (Å²) in [5, 5.41) is 8.77. The molecule has 0 aromatic heterocycles. The van der Waals surface area contributed by atoms with Gasteiger partial charge in [-0.1, -0.05) is 78.9 Å². The minimum Gasteiger partial charge on any atom is -0.332 e. The van der Waals surface area contributed by atoms with Crippen molar-refractivity contribution in [3.63, 3.8) is 0 Å². The average molecular weight is 480 g/mol. The molecule has 0 aliphatic rings. The van der Waals surface area contributed by atoms with Crippen LogP contribution in [0, 0.1) is 0 Å². The first-order valence-corrected chi connectivity index (χ1v) is 11.7. The quantitative estimate of drug-likeness (QED) is 0.282. The first kappa shape index (κ1) is 23.9. The highest BCUT2D eigenvalue weighted by molar-refractivity contribution is 7.80. The first-order valence-electron chi connectivity index (χ1n) is 11.3. The van der Waals surface area contributed by atoms with E-state index in [1.165, 1.54) is 0 Å². The Balaban J connectivity index is 1.29. The maximum atomic E-state index is 12.6. The minimum atomic E-state index is -0.299. The van der Waals surface area contributed by atoms with E-state index in [-0.39, 0.29) is 16.9 Å². The molecule has 0 saturated heterocycles. The molecular weight excluding hydrogens is 454 g/mol. The van der Waals surface area contributed by atoms with Gasteiger partial charge in [0.1, 0.15) is 0 Å². The lowest BCUT2D eigenvalue weighted by atomic mass is 10.0. The van der Waals surface area contributed by atoms with Crippen LogP contribution in [0.5, 0.6) is 0 Å². The van der Waals surface area contributed by atoms with Gasteiger partial charge in [-0.2, -0.15) is 0 Å². The smallest absolute Gasteiger partial charge is 0.257 e. The molecule has 0 fully saturated rings. The molecule has 0 radical (unpaired) electrons. The highest BCUT2D eigenvalue weighted by Crippen LogP contribution is 2.19. The van der Waals surface area contributed by atoms with Crippen molar-refractivity contribution in [1.29, 1.82) is 0 Å². The van der Waals surface area contributed by atoms with Gasteiger partial charge in [-0.3, -0.25) is 14.9 Å². The van der Waals surface area contributed by atoms with Gasteiger partial charge >= 0.3 is 0 Å². The van der Waals surface area contributed by atoms with Crippen LogP contribution in [-0.2, 0) is 11.2 Å². The van der Waals surface area contributed by atoms with Crippen molar-refractivity contribution in [2.24, 2.45) is 0 Å². The molecule has 0 aliphatic heterocycles. The molecule has 4 rings (SSSR count). The summed E-state index contributed by atoms with van der Waals surface area (Å²) in [6.07, 6.45) is 1.06. The van der Waals surface area contributed by atoms with Crippen LogP contribution in [0.3, 0.4) is 0 Å². The van der Waals surface area contributed by atoms with E-state index in [0.29, 0.717) is 29.8 Å². The minimum absolute atomic E-state index is 0.0687. The Morgan fingerprint density at radius 3 is 1.94 bits per heavy atom. The molecule has 0 unspecified atom stereocenters. The fraction of sp³-hybridized carbons (Fsp3) is 0.0690. The van der Waals surface area contributed by atoms with Crippen molar-refractivity contribution in [1.82, 2.24) is 5.32 Å². The van der Waals surface area contributed by atoms with Gasteiger partial charge in [0.25, 0.3) is 5.91 Å². The molecule has 0 saturated carbocycles. The van der Waals surface area contributed by atoms with Gasteiger partial charge in [-0.25, -0.2) is 0 Å². The predicted molar refractivity (Wildman–Crippen MR) is 145 cm³/mol. The second-order valence-electron chi connectivity index (χ2n) is 7.97. The molecule has 0 aliphatic carbocycles. The van der Waals surface area contributed by atoms with Gasteiger partial charge in [0.2, 0.25) is 5.91 Å². The van der Waals surface area contributed by atoms with E-state index in [2.05, 4.69) is 16.0 Å². The Bertz CT molecular complexity index is 1310. The third kappa shape index (κ3) is 7.09. The Morgan fingerprint density at radius 2 is 1.26 bits per heavy atom. The molecule has 3 N–H and O–H groups in total. The molecule has 0 bridgehead atoms. The van der Waals surface area contributed by atoms with Crippen LogP contribution in [0.25, 0.3) is 11.1 Å². The molecule has 174 valence electrons. The zero-order valence-corrected chi connectivity index (χ0v) is 19.8. The summed E-state index contributed by atoms with van der Waals surface area (Å²) in [6.45, 7) is 0. The van der Waals surface area contributed by atoms with Crippen molar-refractivity contribution < 1.29 is 9.59 Å². The third-order valence-electron chi connectivity index (χ3n) is 5.37. The Kier molecular flexibility index (Phi) is 7.99. The highest BCUT2D eigenvalue weighted by Gasteiger charge is 2.09. The van der Waals surface area contributed by atoms with Crippen LogP contribution in [0.15, 0.2) is 109 Å². The fourth-order valence-corrected chi connectivity index (χ4v) is 3.79. The van der Waals surface area contributed by atoms with E-state index in [0.717, 1.165) is 16.7 Å². The molecule has 0 spiro atoms. The number of benzene rings is 4. The van der Waals surface area contributed by atoms with E-state index in [1.807, 2.05) is 91.0 Å². The molecule has 0 heterocycles. The summed E-state index contributed by atoms with van der Waals surface area (Å²) in [4.78, 5) is 24.9. The predicted octanol–water partition coefficient (Wildman–Crippen LogP) is 6.05. The Hall–Kier alpha value is -4.29. The van der Waals surface area contributed by atoms with Crippen LogP contribution in [0.4, 0.5) is 11.4 Å². The van der Waals surface area contributed by atoms with Crippen LogP contribution < -0.4 is 16.0 Å². The molecule has 5 nitrogen and oxygen atoms in total. The lowest BCUT2D eigenvalue weighted by molar-refractivity contribution is -0.116. The van der Waals surface area contributed by atoms with E-state index in [1.54, 1.807) is 18.2 Å². The SMILES string of the molecule is O=C(CCc1ccccc1)Nc1cccc(NC(=S)NC(=O)c2ccc(-c3ccccc3)cc2)c1. The fourth-order valence-electron chi connectivity index (χ4n) is 3.58. The maximum absolute atomic E-state index is 12.6. The van der Waals surface area contributed by atoms with Gasteiger partial charge in [-0.05, 0) is 65.7 Å². The van der Waals surface area contributed by atoms with Crippen LogP contribution in [-0.4, -0.2) is 16.9 Å². The van der Waals surface area contributed by atoms with Crippen molar-refractivity contribution in [3.05, 3.63) is 120 Å². The number of rotatable bonds is 7. The van der Waals surface area contributed by atoms with Crippen LogP contribution in [0.1, 0.15) is 22.3 Å². The van der Waals surface area contributed by atoms with E-state index >= 15 is 0 Å². The number of hydrogen-bond acceptors (Lipinski definition) is 3. The molecule has 0 atom stereocenters. The van der Waals surface area contributed by atoms with Crippen molar-refractivity contribution in [2.45, 2.75) is 12.8 Å². The zero-order chi connectivity index (χ0) is 24.5. The topological polar surface area (TPSA) is 70.2 Å². The van der Waals surface area contributed by atoms with Crippen molar-refractivity contribution in [3.8, 4) is 11.1 Å². The summed E-state index contributed by atoms with van der Waals surface area (Å²) in [5.41, 5.74) is 5.06. The zero-order valence-electron chi connectivity index (χ0n) is 19.0. The normalized spacial score (nSPS) is 10.3. The monoisotopic (exact) mass is 479 g/mol. The van der Waals surface area contributed by atoms with E-state index in [4.69, 9.17) is 12.2 Å². The van der Waals surface area contributed by atoms with Gasteiger partial charge in [-0.15, -0.1) is 0 Å². The van der Waals surface area contributed by atoms with E-state index < -0.39 is 0 Å². The largest absolute Gasteiger partial charge is 0.332 e. The van der Waals surface area contributed by atoms with Gasteiger partial charge in [0.15, 0.2) is 5.11 Å².